The zero-order valence-corrected chi connectivity index (χ0v) is 19.3. The number of nitrogens with zero attached hydrogens (tertiary/aromatic N) is 6. The van der Waals surface area contributed by atoms with Crippen molar-refractivity contribution in [3.63, 3.8) is 0 Å². The summed E-state index contributed by atoms with van der Waals surface area (Å²) in [6.07, 6.45) is 0. The number of anilines is 2. The maximum Gasteiger partial charge on any atom is 0.228 e. The van der Waals surface area contributed by atoms with Gasteiger partial charge >= 0.3 is 0 Å². The van der Waals surface area contributed by atoms with Gasteiger partial charge in [-0.15, -0.1) is 0 Å². The van der Waals surface area contributed by atoms with Crippen molar-refractivity contribution < 1.29 is 4.74 Å². The van der Waals surface area contributed by atoms with Crippen LogP contribution in [0, 0.1) is 0 Å². The van der Waals surface area contributed by atoms with Gasteiger partial charge in [-0.1, -0.05) is 42.5 Å². The van der Waals surface area contributed by atoms with Gasteiger partial charge in [-0.25, -0.2) is 4.98 Å². The lowest BCUT2D eigenvalue weighted by Gasteiger charge is -2.38. The summed E-state index contributed by atoms with van der Waals surface area (Å²) >= 11 is 0. The van der Waals surface area contributed by atoms with Crippen molar-refractivity contribution in [2.45, 2.75) is 13.0 Å². The molecule has 0 unspecified atom stereocenters. The van der Waals surface area contributed by atoms with Crippen LogP contribution in [0.4, 0.5) is 11.8 Å². The average Bonchev–Trinajstić information content (AvgIpc) is 3.16. The second kappa shape index (κ2) is 8.71. The first kappa shape index (κ1) is 21.2. The van der Waals surface area contributed by atoms with Crippen LogP contribution in [0.15, 0.2) is 54.6 Å². The second-order valence-electron chi connectivity index (χ2n) is 8.42. The molecule has 8 nitrogen and oxygen atoms in total. The summed E-state index contributed by atoms with van der Waals surface area (Å²) in [6, 6.07) is 18.9. The fourth-order valence-electron chi connectivity index (χ4n) is 4.48. The molecule has 0 saturated carbocycles. The maximum atomic E-state index is 6.35. The van der Waals surface area contributed by atoms with E-state index in [0.717, 1.165) is 48.6 Å². The first-order valence-corrected chi connectivity index (χ1v) is 11.2. The molecule has 1 saturated heterocycles. The summed E-state index contributed by atoms with van der Waals surface area (Å²) in [6.45, 7) is 5.85. The Labute approximate surface area is 193 Å². The van der Waals surface area contributed by atoms with Crippen LogP contribution in [0.5, 0.6) is 5.75 Å². The molecule has 0 amide bonds. The van der Waals surface area contributed by atoms with Gasteiger partial charge in [-0.2, -0.15) is 10.1 Å². The highest BCUT2D eigenvalue weighted by molar-refractivity contribution is 5.99. The third kappa shape index (κ3) is 3.98. The van der Waals surface area contributed by atoms with Crippen molar-refractivity contribution in [3.8, 4) is 17.0 Å². The maximum absolute atomic E-state index is 6.35. The molecule has 3 heterocycles. The Morgan fingerprint density at radius 2 is 1.73 bits per heavy atom. The number of rotatable bonds is 5. The third-order valence-corrected chi connectivity index (χ3v) is 6.50. The summed E-state index contributed by atoms with van der Waals surface area (Å²) in [4.78, 5) is 14.5. The molecular formula is C25H29N7O. The van der Waals surface area contributed by atoms with E-state index in [4.69, 9.17) is 20.4 Å². The summed E-state index contributed by atoms with van der Waals surface area (Å²) < 4.78 is 7.09. The van der Waals surface area contributed by atoms with Crippen LogP contribution in [-0.2, 0) is 7.05 Å². The number of piperazine rings is 1. The molecule has 33 heavy (non-hydrogen) atoms. The first-order valence-electron chi connectivity index (χ1n) is 11.2. The summed E-state index contributed by atoms with van der Waals surface area (Å²) in [5.41, 5.74) is 10.0. The van der Waals surface area contributed by atoms with Crippen molar-refractivity contribution in [2.75, 3.05) is 43.9 Å². The largest absolute Gasteiger partial charge is 0.497 e. The number of aromatic nitrogens is 4. The van der Waals surface area contributed by atoms with Gasteiger partial charge in [0.1, 0.15) is 11.6 Å². The van der Waals surface area contributed by atoms with E-state index in [1.807, 2.05) is 31.3 Å². The summed E-state index contributed by atoms with van der Waals surface area (Å²) in [5, 5.41) is 5.32. The molecule has 170 valence electrons. The Hall–Kier alpha value is -3.65. The van der Waals surface area contributed by atoms with Gasteiger partial charge in [0.25, 0.3) is 0 Å². The third-order valence-electron chi connectivity index (χ3n) is 6.50. The smallest absolute Gasteiger partial charge is 0.228 e. The standard InChI is InChI=1S/C25H29N7O/c1-17(18-8-5-4-6-9-18)31-12-14-32(15-13-31)25-27-22(19-10-7-11-20(16-19)33-3)21-23(26)30(2)29-24(21)28-25/h4-11,16-17H,12-15,26H2,1-3H3/t17-/m0/s1. The van der Waals surface area contributed by atoms with Gasteiger partial charge in [0.05, 0.1) is 18.2 Å². The van der Waals surface area contributed by atoms with E-state index in [1.54, 1.807) is 11.8 Å². The molecule has 5 rings (SSSR count). The number of methoxy groups -OCH3 is 1. The molecule has 2 aromatic heterocycles. The number of hydrogen-bond acceptors (Lipinski definition) is 7. The van der Waals surface area contributed by atoms with E-state index in [9.17, 15) is 0 Å². The Morgan fingerprint density at radius 1 is 0.970 bits per heavy atom. The molecule has 8 heteroatoms. The monoisotopic (exact) mass is 443 g/mol. The highest BCUT2D eigenvalue weighted by atomic mass is 16.5. The van der Waals surface area contributed by atoms with Crippen molar-refractivity contribution in [3.05, 3.63) is 60.2 Å². The minimum atomic E-state index is 0.375. The van der Waals surface area contributed by atoms with E-state index in [0.29, 0.717) is 23.5 Å². The lowest BCUT2D eigenvalue weighted by atomic mass is 10.1. The highest BCUT2D eigenvalue weighted by Gasteiger charge is 2.25. The predicted molar refractivity (Wildman–Crippen MR) is 131 cm³/mol. The molecule has 0 radical (unpaired) electrons. The quantitative estimate of drug-likeness (QED) is 0.505. The molecule has 1 aliphatic heterocycles. The van der Waals surface area contributed by atoms with Crippen LogP contribution in [0.1, 0.15) is 18.5 Å². The van der Waals surface area contributed by atoms with Crippen LogP contribution < -0.4 is 15.4 Å². The number of nitrogen functional groups attached to an aromatic ring is 1. The molecule has 0 aliphatic carbocycles. The van der Waals surface area contributed by atoms with Gasteiger partial charge in [0.2, 0.25) is 5.95 Å². The van der Waals surface area contributed by atoms with Crippen LogP contribution >= 0.6 is 0 Å². The van der Waals surface area contributed by atoms with Crippen molar-refractivity contribution >= 4 is 22.8 Å². The highest BCUT2D eigenvalue weighted by Crippen LogP contribution is 2.33. The lowest BCUT2D eigenvalue weighted by Crippen LogP contribution is -2.47. The van der Waals surface area contributed by atoms with Crippen LogP contribution in [-0.4, -0.2) is 57.9 Å². The Balaban J connectivity index is 1.46. The molecule has 2 N–H and O–H groups in total. The lowest BCUT2D eigenvalue weighted by molar-refractivity contribution is 0.198. The molecule has 0 spiro atoms. The van der Waals surface area contributed by atoms with Gasteiger partial charge < -0.3 is 15.4 Å². The first-order chi connectivity index (χ1) is 16.0. The Kier molecular flexibility index (Phi) is 5.60. The Bertz CT molecular complexity index is 1260. The van der Waals surface area contributed by atoms with E-state index in [-0.39, 0.29) is 0 Å². The molecule has 4 aromatic rings. The minimum Gasteiger partial charge on any atom is -0.497 e. The van der Waals surface area contributed by atoms with Gasteiger partial charge in [0, 0.05) is 44.8 Å². The number of benzene rings is 2. The van der Waals surface area contributed by atoms with E-state index >= 15 is 0 Å². The van der Waals surface area contributed by atoms with Crippen LogP contribution in [0.3, 0.4) is 0 Å². The average molecular weight is 444 g/mol. The SMILES string of the molecule is COc1cccc(-c2nc(N3CCN([C@@H](C)c4ccccc4)CC3)nc3nn(C)c(N)c23)c1. The summed E-state index contributed by atoms with van der Waals surface area (Å²) in [5.74, 6) is 2.01. The fraction of sp³-hybridized carbons (Fsp3) is 0.320. The number of hydrogen-bond donors (Lipinski definition) is 1. The van der Waals surface area contributed by atoms with Gasteiger partial charge in [-0.3, -0.25) is 9.58 Å². The fourth-order valence-corrected chi connectivity index (χ4v) is 4.48. The summed E-state index contributed by atoms with van der Waals surface area (Å²) in [7, 11) is 3.49. The zero-order valence-electron chi connectivity index (χ0n) is 19.3. The topological polar surface area (TPSA) is 85.3 Å². The molecule has 1 fully saturated rings. The molecule has 2 aromatic carbocycles. The minimum absolute atomic E-state index is 0.375. The predicted octanol–water partition coefficient (Wildman–Crippen LogP) is 3.50. The normalized spacial score (nSPS) is 15.7. The number of ether oxygens (including phenoxy) is 1. The molecule has 1 atom stereocenters. The van der Waals surface area contributed by atoms with Crippen molar-refractivity contribution in [2.24, 2.45) is 7.05 Å². The number of aryl methyl sites for hydroxylation is 1. The van der Waals surface area contributed by atoms with Crippen molar-refractivity contribution in [1.82, 2.24) is 24.6 Å². The zero-order chi connectivity index (χ0) is 22.9. The number of nitrogens with two attached hydrogens (primary N) is 1. The van der Waals surface area contributed by atoms with E-state index in [1.165, 1.54) is 5.56 Å². The van der Waals surface area contributed by atoms with Gasteiger partial charge in [-0.05, 0) is 24.6 Å². The van der Waals surface area contributed by atoms with Crippen LogP contribution in [0.25, 0.3) is 22.3 Å². The van der Waals surface area contributed by atoms with Crippen LogP contribution in [0.2, 0.25) is 0 Å². The molecule has 1 aliphatic rings. The molecule has 0 bridgehead atoms. The number of fused-ring (bicyclic) bond motifs is 1. The Morgan fingerprint density at radius 3 is 2.45 bits per heavy atom. The van der Waals surface area contributed by atoms with E-state index in [2.05, 4.69) is 52.2 Å². The van der Waals surface area contributed by atoms with Crippen molar-refractivity contribution in [1.29, 1.82) is 0 Å². The van der Waals surface area contributed by atoms with E-state index < -0.39 is 0 Å². The second-order valence-corrected chi connectivity index (χ2v) is 8.42. The van der Waals surface area contributed by atoms with Gasteiger partial charge in [0.15, 0.2) is 5.65 Å². The molecular weight excluding hydrogens is 414 g/mol.